The number of aliphatic carboxylic acids is 1. The first-order valence-electron chi connectivity index (χ1n) is 12.8. The molecule has 0 spiro atoms. The molecule has 0 saturated carbocycles. The van der Waals surface area contributed by atoms with Crippen LogP contribution in [0.25, 0.3) is 5.70 Å². The van der Waals surface area contributed by atoms with Crippen LogP contribution in [0.3, 0.4) is 0 Å². The minimum absolute atomic E-state index is 0.0547. The molecule has 0 aromatic heterocycles. The predicted molar refractivity (Wildman–Crippen MR) is 146 cm³/mol. The Labute approximate surface area is 233 Å². The van der Waals surface area contributed by atoms with E-state index in [0.29, 0.717) is 22.6 Å². The fraction of sp³-hybridized carbons (Fsp3) is 0.379. The Kier molecular flexibility index (Phi) is 9.89. The standard InChI is InChI=1S/C29H35N3O8/c1-17(2)26-28(36)32(16-25(34)30-21(27(35)29(37)38)13-19-9-7-6-8-10-19)22(15-31(26)18(3)33)20-11-12-23(39-4)24(14-20)40-5/h6-12,14-15,17,21,26-27,35H,13,16H2,1-5H3,(H,30,34)(H,37,38)/t21-,26?,27?/m0/s1. The molecule has 3 N–H and O–H groups in total. The van der Waals surface area contributed by atoms with Gasteiger partial charge in [-0.3, -0.25) is 19.3 Å². The molecule has 214 valence electrons. The molecule has 2 aromatic carbocycles. The Morgan fingerprint density at radius 3 is 2.23 bits per heavy atom. The van der Waals surface area contributed by atoms with Crippen molar-refractivity contribution in [1.29, 1.82) is 0 Å². The summed E-state index contributed by atoms with van der Waals surface area (Å²) >= 11 is 0. The third kappa shape index (κ3) is 6.78. The average Bonchev–Trinajstić information content (AvgIpc) is 2.92. The van der Waals surface area contributed by atoms with Crippen molar-refractivity contribution in [3.63, 3.8) is 0 Å². The minimum Gasteiger partial charge on any atom is -0.493 e. The zero-order valence-corrected chi connectivity index (χ0v) is 23.2. The summed E-state index contributed by atoms with van der Waals surface area (Å²) in [6.07, 6.45) is -0.297. The van der Waals surface area contributed by atoms with E-state index in [2.05, 4.69) is 5.32 Å². The summed E-state index contributed by atoms with van der Waals surface area (Å²) in [5.41, 5.74) is 1.47. The fourth-order valence-corrected chi connectivity index (χ4v) is 4.64. The van der Waals surface area contributed by atoms with Gasteiger partial charge in [0.1, 0.15) is 12.6 Å². The Bertz CT molecular complexity index is 1280. The lowest BCUT2D eigenvalue weighted by atomic mass is 9.96. The molecule has 1 aliphatic rings. The number of rotatable bonds is 11. The van der Waals surface area contributed by atoms with Crippen LogP contribution >= 0.6 is 0 Å². The number of carbonyl (C=O) groups is 4. The maximum atomic E-state index is 13.8. The molecule has 2 unspecified atom stereocenters. The quantitative estimate of drug-likeness (QED) is 0.383. The van der Waals surface area contributed by atoms with Crippen LogP contribution in [0.4, 0.5) is 0 Å². The van der Waals surface area contributed by atoms with Crippen molar-refractivity contribution in [1.82, 2.24) is 15.1 Å². The summed E-state index contributed by atoms with van der Waals surface area (Å²) in [4.78, 5) is 53.9. The van der Waals surface area contributed by atoms with Crippen LogP contribution in [0.2, 0.25) is 0 Å². The first-order valence-corrected chi connectivity index (χ1v) is 12.8. The monoisotopic (exact) mass is 553 g/mol. The molecule has 11 heteroatoms. The molecule has 0 fully saturated rings. The number of hydrogen-bond acceptors (Lipinski definition) is 7. The van der Waals surface area contributed by atoms with E-state index in [1.54, 1.807) is 62.4 Å². The van der Waals surface area contributed by atoms with Crippen molar-refractivity contribution >= 4 is 29.4 Å². The molecule has 0 saturated heterocycles. The van der Waals surface area contributed by atoms with Crippen LogP contribution in [0.5, 0.6) is 11.5 Å². The van der Waals surface area contributed by atoms with Gasteiger partial charge in [-0.1, -0.05) is 44.2 Å². The van der Waals surface area contributed by atoms with E-state index < -0.39 is 42.5 Å². The van der Waals surface area contributed by atoms with E-state index in [-0.39, 0.29) is 23.9 Å². The maximum absolute atomic E-state index is 13.8. The number of aliphatic hydroxyl groups is 1. The summed E-state index contributed by atoms with van der Waals surface area (Å²) in [6, 6.07) is 11.8. The maximum Gasteiger partial charge on any atom is 0.334 e. The Morgan fingerprint density at radius 1 is 1.02 bits per heavy atom. The van der Waals surface area contributed by atoms with Gasteiger partial charge in [0.25, 0.3) is 5.91 Å². The number of ether oxygens (including phenoxy) is 2. The van der Waals surface area contributed by atoms with E-state index in [4.69, 9.17) is 9.47 Å². The predicted octanol–water partition coefficient (Wildman–Crippen LogP) is 1.89. The SMILES string of the molecule is COc1ccc(C2=CN(C(C)=O)C(C(C)C)C(=O)N2CC(=O)N[C@@H](Cc2ccccc2)C(O)C(=O)O)cc1OC. The number of carboxylic acid groups (broad SMARTS) is 1. The molecule has 40 heavy (non-hydrogen) atoms. The van der Waals surface area contributed by atoms with Crippen LogP contribution in [0.15, 0.2) is 54.7 Å². The number of methoxy groups -OCH3 is 2. The van der Waals surface area contributed by atoms with Crippen molar-refractivity contribution in [2.45, 2.75) is 45.4 Å². The van der Waals surface area contributed by atoms with Crippen molar-refractivity contribution in [3.8, 4) is 11.5 Å². The van der Waals surface area contributed by atoms with Gasteiger partial charge in [-0.15, -0.1) is 0 Å². The average molecular weight is 554 g/mol. The topological polar surface area (TPSA) is 146 Å². The summed E-state index contributed by atoms with van der Waals surface area (Å²) in [6.45, 7) is 4.47. The Balaban J connectivity index is 2.00. The largest absolute Gasteiger partial charge is 0.493 e. The highest BCUT2D eigenvalue weighted by Crippen LogP contribution is 2.35. The number of carboxylic acids is 1. The lowest BCUT2D eigenvalue weighted by Gasteiger charge is -2.40. The van der Waals surface area contributed by atoms with Crippen LogP contribution < -0.4 is 14.8 Å². The minimum atomic E-state index is -1.88. The number of amides is 3. The van der Waals surface area contributed by atoms with Crippen molar-refractivity contribution < 1.29 is 38.9 Å². The van der Waals surface area contributed by atoms with Crippen LogP contribution in [-0.4, -0.2) is 82.7 Å². The van der Waals surface area contributed by atoms with Gasteiger partial charge in [-0.2, -0.15) is 0 Å². The molecule has 1 aliphatic heterocycles. The lowest BCUT2D eigenvalue weighted by molar-refractivity contribution is -0.149. The van der Waals surface area contributed by atoms with Gasteiger partial charge >= 0.3 is 5.97 Å². The molecule has 0 aliphatic carbocycles. The van der Waals surface area contributed by atoms with Crippen molar-refractivity contribution in [2.75, 3.05) is 20.8 Å². The summed E-state index contributed by atoms with van der Waals surface area (Å²) < 4.78 is 10.7. The molecule has 0 radical (unpaired) electrons. The Morgan fingerprint density at radius 2 is 1.68 bits per heavy atom. The highest BCUT2D eigenvalue weighted by molar-refractivity contribution is 5.99. The highest BCUT2D eigenvalue weighted by atomic mass is 16.5. The van der Waals surface area contributed by atoms with E-state index in [1.165, 1.54) is 37.1 Å². The van der Waals surface area contributed by atoms with E-state index in [1.807, 2.05) is 0 Å². The zero-order valence-electron chi connectivity index (χ0n) is 23.2. The first kappa shape index (κ1) is 30.2. The summed E-state index contributed by atoms with van der Waals surface area (Å²) in [5.74, 6) is -2.44. The molecular formula is C29H35N3O8. The molecule has 2 aromatic rings. The Hall–Kier alpha value is -4.38. The molecular weight excluding hydrogens is 518 g/mol. The van der Waals surface area contributed by atoms with Crippen LogP contribution in [0.1, 0.15) is 31.9 Å². The van der Waals surface area contributed by atoms with Crippen molar-refractivity contribution in [3.05, 3.63) is 65.9 Å². The molecule has 1 heterocycles. The molecule has 3 rings (SSSR count). The van der Waals surface area contributed by atoms with Crippen LogP contribution in [-0.2, 0) is 25.6 Å². The van der Waals surface area contributed by atoms with Gasteiger partial charge in [-0.25, -0.2) is 4.79 Å². The normalized spacial score (nSPS) is 16.7. The number of nitrogens with zero attached hydrogens (tertiary/aromatic N) is 2. The highest BCUT2D eigenvalue weighted by Gasteiger charge is 2.40. The number of carbonyl (C=O) groups excluding carboxylic acids is 3. The van der Waals surface area contributed by atoms with Gasteiger partial charge in [-0.05, 0) is 36.1 Å². The van der Waals surface area contributed by atoms with Gasteiger partial charge in [0.2, 0.25) is 11.8 Å². The van der Waals surface area contributed by atoms with E-state index in [9.17, 15) is 29.4 Å². The number of nitrogens with one attached hydrogen (secondary N) is 1. The summed E-state index contributed by atoms with van der Waals surface area (Å²) in [7, 11) is 2.95. The number of aliphatic hydroxyl groups excluding tert-OH is 1. The second-order valence-corrected chi connectivity index (χ2v) is 9.77. The van der Waals surface area contributed by atoms with E-state index in [0.717, 1.165) is 0 Å². The van der Waals surface area contributed by atoms with Crippen LogP contribution in [0, 0.1) is 5.92 Å². The third-order valence-corrected chi connectivity index (χ3v) is 6.63. The van der Waals surface area contributed by atoms with Crippen molar-refractivity contribution in [2.24, 2.45) is 5.92 Å². The fourth-order valence-electron chi connectivity index (χ4n) is 4.64. The second kappa shape index (κ2) is 13.1. The van der Waals surface area contributed by atoms with Gasteiger partial charge in [0.15, 0.2) is 17.6 Å². The van der Waals surface area contributed by atoms with Gasteiger partial charge in [0.05, 0.1) is 26.0 Å². The van der Waals surface area contributed by atoms with E-state index >= 15 is 0 Å². The summed E-state index contributed by atoms with van der Waals surface area (Å²) in [5, 5.41) is 22.3. The second-order valence-electron chi connectivity index (χ2n) is 9.77. The lowest BCUT2D eigenvalue weighted by Crippen LogP contribution is -2.57. The van der Waals surface area contributed by atoms with Gasteiger partial charge < -0.3 is 29.9 Å². The number of benzene rings is 2. The number of hydrogen-bond donors (Lipinski definition) is 3. The molecule has 3 amide bonds. The zero-order chi connectivity index (χ0) is 29.6. The first-order chi connectivity index (χ1) is 19.0. The molecule has 3 atom stereocenters. The van der Waals surface area contributed by atoms with Gasteiger partial charge in [0, 0.05) is 18.7 Å². The third-order valence-electron chi connectivity index (χ3n) is 6.63. The molecule has 0 bridgehead atoms. The smallest absolute Gasteiger partial charge is 0.334 e. The molecule has 11 nitrogen and oxygen atoms in total.